The first-order valence-electron chi connectivity index (χ1n) is 8.11. The Balaban J connectivity index is 2.31. The first kappa shape index (κ1) is 18.7. The monoisotopic (exact) mass is 345 g/mol. The number of ether oxygens (including phenoxy) is 2. The molecule has 6 nitrogen and oxygen atoms in total. The minimum absolute atomic E-state index is 0.0177. The van der Waals surface area contributed by atoms with Gasteiger partial charge in [-0.15, -0.1) is 0 Å². The third-order valence-corrected chi connectivity index (χ3v) is 4.07. The van der Waals surface area contributed by atoms with E-state index < -0.39 is 5.97 Å². The molecule has 1 atom stereocenters. The number of nitrogens with zero attached hydrogens (tertiary/aromatic N) is 1. The summed E-state index contributed by atoms with van der Waals surface area (Å²) in [6, 6.07) is 11.5. The van der Waals surface area contributed by atoms with Gasteiger partial charge in [0.15, 0.2) is 0 Å². The summed E-state index contributed by atoms with van der Waals surface area (Å²) < 4.78 is 15.1. The van der Waals surface area contributed by atoms with Gasteiger partial charge in [-0.2, -0.15) is 0 Å². The van der Waals surface area contributed by atoms with Crippen LogP contribution in [-0.2, 0) is 20.8 Å². The predicted octanol–water partition coefficient (Wildman–Crippen LogP) is 3.19. The van der Waals surface area contributed by atoms with Crippen molar-refractivity contribution in [3.05, 3.63) is 59.5 Å². The zero-order chi connectivity index (χ0) is 18.2. The number of methoxy groups -OCH3 is 2. The number of carbonyl (C=O) groups excluding carboxylic acids is 2. The molecule has 0 radical (unpaired) electrons. The average molecular weight is 345 g/mol. The van der Waals surface area contributed by atoms with Gasteiger partial charge in [0.05, 0.1) is 33.6 Å². The second kappa shape index (κ2) is 9.03. The van der Waals surface area contributed by atoms with E-state index in [0.29, 0.717) is 17.9 Å². The van der Waals surface area contributed by atoms with E-state index in [9.17, 15) is 9.59 Å². The Labute approximate surface area is 147 Å². The summed E-state index contributed by atoms with van der Waals surface area (Å²) in [7, 11) is 2.68. The highest BCUT2D eigenvalue weighted by atomic mass is 16.5. The van der Waals surface area contributed by atoms with Gasteiger partial charge in [-0.3, -0.25) is 9.69 Å². The Bertz CT molecular complexity index is 695. The van der Waals surface area contributed by atoms with Crippen molar-refractivity contribution in [2.75, 3.05) is 20.8 Å². The fourth-order valence-corrected chi connectivity index (χ4v) is 2.83. The highest BCUT2D eigenvalue weighted by Crippen LogP contribution is 2.27. The summed E-state index contributed by atoms with van der Waals surface area (Å²) >= 11 is 0. The molecule has 0 N–H and O–H groups in total. The fourth-order valence-electron chi connectivity index (χ4n) is 2.83. The SMILES string of the molecule is CCC(c1ccccc1)N(CC(=O)OC)Cc1occc1C(=O)OC. The summed E-state index contributed by atoms with van der Waals surface area (Å²) in [6.07, 6.45) is 2.23. The van der Waals surface area contributed by atoms with Crippen molar-refractivity contribution in [2.45, 2.75) is 25.9 Å². The van der Waals surface area contributed by atoms with Crippen LogP contribution in [-0.4, -0.2) is 37.6 Å². The van der Waals surface area contributed by atoms with Crippen LogP contribution in [0.15, 0.2) is 47.1 Å². The number of hydrogen-bond acceptors (Lipinski definition) is 6. The number of hydrogen-bond donors (Lipinski definition) is 0. The van der Waals surface area contributed by atoms with E-state index in [1.807, 2.05) is 42.2 Å². The lowest BCUT2D eigenvalue weighted by Crippen LogP contribution is -2.34. The Morgan fingerprint density at radius 3 is 2.44 bits per heavy atom. The zero-order valence-corrected chi connectivity index (χ0v) is 14.7. The van der Waals surface area contributed by atoms with Crippen LogP contribution < -0.4 is 0 Å². The van der Waals surface area contributed by atoms with Gasteiger partial charge in [0.25, 0.3) is 0 Å². The molecule has 0 spiro atoms. The Morgan fingerprint density at radius 1 is 1.12 bits per heavy atom. The maximum atomic E-state index is 11.9. The van der Waals surface area contributed by atoms with Crippen LogP contribution >= 0.6 is 0 Å². The lowest BCUT2D eigenvalue weighted by atomic mass is 10.0. The average Bonchev–Trinajstić information content (AvgIpc) is 3.10. The fraction of sp³-hybridized carbons (Fsp3) is 0.368. The third-order valence-electron chi connectivity index (χ3n) is 4.07. The Kier molecular flexibility index (Phi) is 6.77. The third kappa shape index (κ3) is 4.70. The second-order valence-electron chi connectivity index (χ2n) is 5.56. The van der Waals surface area contributed by atoms with Gasteiger partial charge < -0.3 is 13.9 Å². The number of esters is 2. The zero-order valence-electron chi connectivity index (χ0n) is 14.7. The Hall–Kier alpha value is -2.60. The first-order chi connectivity index (χ1) is 12.1. The van der Waals surface area contributed by atoms with Crippen LogP contribution in [0.2, 0.25) is 0 Å². The molecule has 25 heavy (non-hydrogen) atoms. The van der Waals surface area contributed by atoms with Gasteiger partial charge in [0.2, 0.25) is 0 Å². The van der Waals surface area contributed by atoms with Gasteiger partial charge in [0.1, 0.15) is 11.3 Å². The van der Waals surface area contributed by atoms with Crippen LogP contribution in [0.5, 0.6) is 0 Å². The molecule has 0 amide bonds. The largest absolute Gasteiger partial charge is 0.468 e. The van der Waals surface area contributed by atoms with Crippen molar-refractivity contribution < 1.29 is 23.5 Å². The van der Waals surface area contributed by atoms with Gasteiger partial charge in [0, 0.05) is 6.04 Å². The topological polar surface area (TPSA) is 69.0 Å². The van der Waals surface area contributed by atoms with Crippen LogP contribution in [0.4, 0.5) is 0 Å². The van der Waals surface area contributed by atoms with Gasteiger partial charge in [-0.25, -0.2) is 4.79 Å². The van der Waals surface area contributed by atoms with E-state index in [-0.39, 0.29) is 18.6 Å². The summed E-state index contributed by atoms with van der Waals surface area (Å²) in [4.78, 5) is 25.7. The predicted molar refractivity (Wildman–Crippen MR) is 91.9 cm³/mol. The maximum absolute atomic E-state index is 11.9. The van der Waals surface area contributed by atoms with Crippen molar-refractivity contribution in [3.8, 4) is 0 Å². The molecule has 0 saturated carbocycles. The lowest BCUT2D eigenvalue weighted by Gasteiger charge is -2.30. The van der Waals surface area contributed by atoms with Crippen molar-refractivity contribution in [1.82, 2.24) is 4.90 Å². The molecule has 0 fully saturated rings. The lowest BCUT2D eigenvalue weighted by molar-refractivity contribution is -0.142. The van der Waals surface area contributed by atoms with E-state index >= 15 is 0 Å². The van der Waals surface area contributed by atoms with Crippen LogP contribution in [0.25, 0.3) is 0 Å². The van der Waals surface area contributed by atoms with Crippen LogP contribution in [0.1, 0.15) is 41.1 Å². The van der Waals surface area contributed by atoms with Gasteiger partial charge >= 0.3 is 11.9 Å². The smallest absolute Gasteiger partial charge is 0.341 e. The molecule has 0 saturated heterocycles. The molecule has 0 aliphatic heterocycles. The Morgan fingerprint density at radius 2 is 1.84 bits per heavy atom. The van der Waals surface area contributed by atoms with Crippen LogP contribution in [0, 0.1) is 0 Å². The second-order valence-corrected chi connectivity index (χ2v) is 5.56. The molecule has 0 aliphatic carbocycles. The number of rotatable bonds is 8. The maximum Gasteiger partial charge on any atom is 0.341 e. The van der Waals surface area contributed by atoms with E-state index in [2.05, 4.69) is 0 Å². The summed E-state index contributed by atoms with van der Waals surface area (Å²) in [6.45, 7) is 2.43. The van der Waals surface area contributed by atoms with Crippen molar-refractivity contribution in [2.24, 2.45) is 0 Å². The molecule has 1 heterocycles. The number of benzene rings is 1. The normalized spacial score (nSPS) is 12.0. The molecule has 1 unspecified atom stereocenters. The van der Waals surface area contributed by atoms with Gasteiger partial charge in [-0.1, -0.05) is 37.3 Å². The van der Waals surface area contributed by atoms with Crippen molar-refractivity contribution in [3.63, 3.8) is 0 Å². The standard InChI is InChI=1S/C19H23NO5/c1-4-16(14-8-6-5-7-9-14)20(13-18(21)23-2)12-17-15(10-11-25-17)19(22)24-3/h5-11,16H,4,12-13H2,1-3H3. The number of carbonyl (C=O) groups is 2. The van der Waals surface area contributed by atoms with Crippen molar-refractivity contribution in [1.29, 1.82) is 0 Å². The summed E-state index contributed by atoms with van der Waals surface area (Å²) in [5, 5.41) is 0. The molecular weight excluding hydrogens is 322 g/mol. The molecule has 2 aromatic rings. The van der Waals surface area contributed by atoms with E-state index in [0.717, 1.165) is 12.0 Å². The molecule has 6 heteroatoms. The summed E-state index contributed by atoms with van der Waals surface area (Å²) in [5.74, 6) is -0.347. The minimum atomic E-state index is -0.463. The highest BCUT2D eigenvalue weighted by molar-refractivity contribution is 5.90. The molecular formula is C19H23NO5. The van der Waals surface area contributed by atoms with Crippen LogP contribution in [0.3, 0.4) is 0 Å². The molecule has 0 bridgehead atoms. The summed E-state index contributed by atoms with van der Waals surface area (Å²) in [5.41, 5.74) is 1.44. The van der Waals surface area contributed by atoms with Crippen molar-refractivity contribution >= 4 is 11.9 Å². The molecule has 2 rings (SSSR count). The first-order valence-corrected chi connectivity index (χ1v) is 8.11. The van der Waals surface area contributed by atoms with Gasteiger partial charge in [-0.05, 0) is 18.1 Å². The molecule has 1 aromatic carbocycles. The van der Waals surface area contributed by atoms with E-state index in [1.165, 1.54) is 20.5 Å². The molecule has 134 valence electrons. The highest BCUT2D eigenvalue weighted by Gasteiger charge is 2.25. The molecule has 0 aliphatic rings. The number of furan rings is 1. The minimum Gasteiger partial charge on any atom is -0.468 e. The van der Waals surface area contributed by atoms with E-state index in [1.54, 1.807) is 6.07 Å². The van der Waals surface area contributed by atoms with E-state index in [4.69, 9.17) is 13.9 Å². The quantitative estimate of drug-likeness (QED) is 0.685. The molecule has 1 aromatic heterocycles.